The van der Waals surface area contributed by atoms with Crippen molar-refractivity contribution in [1.29, 1.82) is 0 Å². The van der Waals surface area contributed by atoms with Crippen molar-refractivity contribution in [3.63, 3.8) is 0 Å². The number of anilines is 1. The van der Waals surface area contributed by atoms with E-state index in [9.17, 15) is 0 Å². The van der Waals surface area contributed by atoms with E-state index in [0.717, 1.165) is 31.0 Å². The van der Waals surface area contributed by atoms with Crippen LogP contribution in [0.2, 0.25) is 0 Å². The maximum absolute atomic E-state index is 5.75. The molecule has 1 fully saturated rings. The maximum atomic E-state index is 5.75. The van der Waals surface area contributed by atoms with Gasteiger partial charge in [0.25, 0.3) is 0 Å². The SMILES string of the molecule is CCc1cc(CN)cc(N2CCSC(C)C2)n1. The number of hydrogen-bond acceptors (Lipinski definition) is 4. The summed E-state index contributed by atoms with van der Waals surface area (Å²) < 4.78 is 0. The van der Waals surface area contributed by atoms with Gasteiger partial charge in [-0.25, -0.2) is 4.98 Å². The smallest absolute Gasteiger partial charge is 0.129 e. The first-order valence-corrected chi connectivity index (χ1v) is 7.34. The first kappa shape index (κ1) is 12.7. The quantitative estimate of drug-likeness (QED) is 0.893. The zero-order valence-corrected chi connectivity index (χ0v) is 11.5. The van der Waals surface area contributed by atoms with Crippen LogP contribution >= 0.6 is 11.8 Å². The van der Waals surface area contributed by atoms with E-state index in [1.165, 1.54) is 11.3 Å². The molecule has 0 saturated carbocycles. The van der Waals surface area contributed by atoms with E-state index in [1.54, 1.807) is 0 Å². The minimum Gasteiger partial charge on any atom is -0.355 e. The molecule has 0 amide bonds. The second-order valence-corrected chi connectivity index (χ2v) is 6.06. The van der Waals surface area contributed by atoms with Crippen LogP contribution in [-0.4, -0.2) is 29.1 Å². The van der Waals surface area contributed by atoms with Gasteiger partial charge < -0.3 is 10.6 Å². The van der Waals surface area contributed by atoms with Gasteiger partial charge in [-0.05, 0) is 24.1 Å². The van der Waals surface area contributed by atoms with Crippen LogP contribution in [-0.2, 0) is 13.0 Å². The lowest BCUT2D eigenvalue weighted by molar-refractivity contribution is 0.764. The summed E-state index contributed by atoms with van der Waals surface area (Å²) in [5, 5.41) is 0.692. The molecule has 0 aromatic carbocycles. The summed E-state index contributed by atoms with van der Waals surface area (Å²) in [6, 6.07) is 4.26. The molecule has 3 nitrogen and oxygen atoms in total. The predicted octanol–water partition coefficient (Wildman–Crippen LogP) is 2.04. The van der Waals surface area contributed by atoms with Gasteiger partial charge >= 0.3 is 0 Å². The molecule has 2 N–H and O–H groups in total. The Morgan fingerprint density at radius 1 is 1.53 bits per heavy atom. The lowest BCUT2D eigenvalue weighted by Gasteiger charge is -2.32. The van der Waals surface area contributed by atoms with Crippen LogP contribution in [0.5, 0.6) is 0 Å². The van der Waals surface area contributed by atoms with E-state index in [4.69, 9.17) is 10.7 Å². The highest BCUT2D eigenvalue weighted by Crippen LogP contribution is 2.23. The fourth-order valence-electron chi connectivity index (χ4n) is 2.12. The molecule has 1 aliphatic heterocycles. The molecular formula is C13H21N3S. The molecule has 94 valence electrons. The Labute approximate surface area is 108 Å². The van der Waals surface area contributed by atoms with Crippen molar-refractivity contribution in [2.75, 3.05) is 23.7 Å². The van der Waals surface area contributed by atoms with Crippen molar-refractivity contribution in [1.82, 2.24) is 4.98 Å². The van der Waals surface area contributed by atoms with Crippen LogP contribution in [0.4, 0.5) is 5.82 Å². The molecule has 2 heterocycles. The number of nitrogens with zero attached hydrogens (tertiary/aromatic N) is 2. The Kier molecular flexibility index (Phi) is 4.29. The Morgan fingerprint density at radius 3 is 3.00 bits per heavy atom. The molecule has 0 radical (unpaired) electrons. The second-order valence-electron chi connectivity index (χ2n) is 4.51. The van der Waals surface area contributed by atoms with Crippen molar-refractivity contribution in [3.8, 4) is 0 Å². The van der Waals surface area contributed by atoms with Crippen molar-refractivity contribution in [3.05, 3.63) is 23.4 Å². The minimum absolute atomic E-state index is 0.598. The third-order valence-corrected chi connectivity index (χ3v) is 4.22. The van der Waals surface area contributed by atoms with E-state index < -0.39 is 0 Å². The van der Waals surface area contributed by atoms with Gasteiger partial charge in [-0.3, -0.25) is 0 Å². The summed E-state index contributed by atoms with van der Waals surface area (Å²) in [5.41, 5.74) is 8.09. The van der Waals surface area contributed by atoms with Gasteiger partial charge in [0.1, 0.15) is 5.82 Å². The first-order valence-electron chi connectivity index (χ1n) is 6.29. The van der Waals surface area contributed by atoms with Crippen molar-refractivity contribution >= 4 is 17.6 Å². The number of pyridine rings is 1. The zero-order valence-electron chi connectivity index (χ0n) is 10.6. The van der Waals surface area contributed by atoms with E-state index in [1.807, 2.05) is 11.8 Å². The summed E-state index contributed by atoms with van der Waals surface area (Å²) in [5.74, 6) is 2.30. The summed E-state index contributed by atoms with van der Waals surface area (Å²) in [4.78, 5) is 7.11. The fraction of sp³-hybridized carbons (Fsp3) is 0.615. The summed E-state index contributed by atoms with van der Waals surface area (Å²) in [7, 11) is 0. The van der Waals surface area contributed by atoms with E-state index in [0.29, 0.717) is 11.8 Å². The third-order valence-electron chi connectivity index (χ3n) is 3.09. The van der Waals surface area contributed by atoms with Crippen molar-refractivity contribution in [2.24, 2.45) is 5.73 Å². The van der Waals surface area contributed by atoms with E-state index in [-0.39, 0.29) is 0 Å². The molecule has 1 aromatic heterocycles. The van der Waals surface area contributed by atoms with Gasteiger partial charge in [0.15, 0.2) is 0 Å². The van der Waals surface area contributed by atoms with Crippen molar-refractivity contribution < 1.29 is 0 Å². The van der Waals surface area contributed by atoms with Gasteiger partial charge in [-0.1, -0.05) is 13.8 Å². The number of aryl methyl sites for hydroxylation is 1. The van der Waals surface area contributed by atoms with Gasteiger partial charge in [-0.2, -0.15) is 11.8 Å². The van der Waals surface area contributed by atoms with Gasteiger partial charge in [0.2, 0.25) is 0 Å². The summed E-state index contributed by atoms with van der Waals surface area (Å²) in [6.45, 7) is 7.21. The third kappa shape index (κ3) is 3.13. The lowest BCUT2D eigenvalue weighted by Crippen LogP contribution is -2.37. The highest BCUT2D eigenvalue weighted by molar-refractivity contribution is 8.00. The zero-order chi connectivity index (χ0) is 12.3. The summed E-state index contributed by atoms with van der Waals surface area (Å²) >= 11 is 2.04. The molecule has 2 rings (SSSR count). The normalized spacial score (nSPS) is 20.6. The minimum atomic E-state index is 0.598. The van der Waals surface area contributed by atoms with Crippen LogP contribution in [0.15, 0.2) is 12.1 Å². The topological polar surface area (TPSA) is 42.1 Å². The van der Waals surface area contributed by atoms with Crippen LogP contribution in [0.1, 0.15) is 25.1 Å². The maximum Gasteiger partial charge on any atom is 0.129 e. The lowest BCUT2D eigenvalue weighted by atomic mass is 10.2. The number of rotatable bonds is 3. The second kappa shape index (κ2) is 5.74. The summed E-state index contributed by atoms with van der Waals surface area (Å²) in [6.07, 6.45) is 0.971. The molecule has 0 bridgehead atoms. The predicted molar refractivity (Wildman–Crippen MR) is 75.6 cm³/mol. The van der Waals surface area contributed by atoms with E-state index in [2.05, 4.69) is 30.9 Å². The molecule has 1 atom stereocenters. The molecule has 1 saturated heterocycles. The molecule has 0 aliphatic carbocycles. The molecule has 1 aliphatic rings. The first-order chi connectivity index (χ1) is 8.22. The van der Waals surface area contributed by atoms with Crippen LogP contribution in [0.3, 0.4) is 0 Å². The molecule has 17 heavy (non-hydrogen) atoms. The number of hydrogen-bond donors (Lipinski definition) is 1. The largest absolute Gasteiger partial charge is 0.355 e. The van der Waals surface area contributed by atoms with Crippen molar-refractivity contribution in [2.45, 2.75) is 32.1 Å². The molecule has 0 spiro atoms. The Bertz CT molecular complexity index is 359. The Hall–Kier alpha value is -0.740. The average molecular weight is 251 g/mol. The highest BCUT2D eigenvalue weighted by Gasteiger charge is 2.18. The number of aromatic nitrogens is 1. The average Bonchev–Trinajstić information content (AvgIpc) is 2.38. The highest BCUT2D eigenvalue weighted by atomic mass is 32.2. The molecule has 4 heteroatoms. The molecular weight excluding hydrogens is 230 g/mol. The van der Waals surface area contributed by atoms with Crippen LogP contribution in [0, 0.1) is 0 Å². The number of thioether (sulfide) groups is 1. The number of nitrogens with two attached hydrogens (primary N) is 1. The van der Waals surface area contributed by atoms with Crippen LogP contribution < -0.4 is 10.6 Å². The molecule has 1 aromatic rings. The van der Waals surface area contributed by atoms with Crippen LogP contribution in [0.25, 0.3) is 0 Å². The fourth-order valence-corrected chi connectivity index (χ4v) is 3.13. The van der Waals surface area contributed by atoms with Gasteiger partial charge in [0.05, 0.1) is 0 Å². The van der Waals surface area contributed by atoms with Gasteiger partial charge in [-0.15, -0.1) is 0 Å². The monoisotopic (exact) mass is 251 g/mol. The molecule has 1 unspecified atom stereocenters. The van der Waals surface area contributed by atoms with Gasteiger partial charge in [0, 0.05) is 36.3 Å². The standard InChI is InChI=1S/C13H21N3S/c1-3-12-6-11(8-14)7-13(15-12)16-4-5-17-10(2)9-16/h6-7,10H,3-5,8-9,14H2,1-2H3. The Balaban J connectivity index is 2.23. The Morgan fingerprint density at radius 2 is 2.35 bits per heavy atom. The van der Waals surface area contributed by atoms with E-state index >= 15 is 0 Å².